The van der Waals surface area contributed by atoms with Crippen molar-refractivity contribution in [2.45, 2.75) is 44.9 Å². The van der Waals surface area contributed by atoms with Crippen LogP contribution in [0.5, 0.6) is 0 Å². The van der Waals surface area contributed by atoms with Crippen LogP contribution in [0.15, 0.2) is 24.3 Å². The van der Waals surface area contributed by atoms with Gasteiger partial charge in [-0.05, 0) is 36.3 Å². The van der Waals surface area contributed by atoms with Gasteiger partial charge in [-0.2, -0.15) is 0 Å². The molecule has 1 aromatic carbocycles. The Morgan fingerprint density at radius 2 is 1.81 bits per heavy atom. The number of rotatable bonds is 2. The maximum Gasteiger partial charge on any atom is 0.404 e. The van der Waals surface area contributed by atoms with E-state index in [-0.39, 0.29) is 0 Å². The Labute approximate surface area is 125 Å². The maximum absolute atomic E-state index is 11.0. The van der Waals surface area contributed by atoms with Crippen LogP contribution < -0.4 is 5.73 Å². The molecule has 0 spiro atoms. The first-order chi connectivity index (χ1) is 10.1. The van der Waals surface area contributed by atoms with E-state index >= 15 is 0 Å². The van der Waals surface area contributed by atoms with E-state index in [1.807, 2.05) is 18.2 Å². The van der Waals surface area contributed by atoms with Crippen molar-refractivity contribution in [3.05, 3.63) is 35.4 Å². The van der Waals surface area contributed by atoms with Crippen molar-refractivity contribution >= 4 is 11.9 Å². The van der Waals surface area contributed by atoms with Crippen molar-refractivity contribution in [1.29, 1.82) is 0 Å². The van der Waals surface area contributed by atoms with Gasteiger partial charge in [0.2, 0.25) is 0 Å². The Kier molecular flexibility index (Phi) is 5.78. The average molecular weight is 289 g/mol. The summed E-state index contributed by atoms with van der Waals surface area (Å²) in [6, 6.07) is 8.19. The normalized spacial score (nSPS) is 17.6. The molecule has 0 heterocycles. The Morgan fingerprint density at radius 1 is 1.14 bits per heavy atom. The first-order valence-electron chi connectivity index (χ1n) is 7.66. The molecule has 1 amide bonds. The molecular weight excluding hydrogens is 266 g/mol. The fourth-order valence-corrected chi connectivity index (χ4v) is 2.93. The van der Waals surface area contributed by atoms with Crippen LogP contribution >= 0.6 is 0 Å². The predicted octanol–water partition coefficient (Wildman–Crippen LogP) is 3.02. The van der Waals surface area contributed by atoms with E-state index in [1.165, 1.54) is 36.8 Å². The molecule has 114 valence electrons. The molecule has 0 aliphatic heterocycles. The number of benzene rings is 1. The van der Waals surface area contributed by atoms with Crippen molar-refractivity contribution in [2.75, 3.05) is 6.61 Å². The number of fused-ring (bicyclic) bond motifs is 1. The van der Waals surface area contributed by atoms with E-state index in [4.69, 9.17) is 5.73 Å². The number of hydrogen-bond donors (Lipinski definition) is 1. The van der Waals surface area contributed by atoms with E-state index in [0.29, 0.717) is 24.7 Å². The van der Waals surface area contributed by atoms with Crippen LogP contribution in [0, 0.1) is 5.92 Å². The molecule has 21 heavy (non-hydrogen) atoms. The smallest absolute Gasteiger partial charge is 0.404 e. The molecule has 1 fully saturated rings. The second-order valence-corrected chi connectivity index (χ2v) is 5.76. The van der Waals surface area contributed by atoms with Crippen molar-refractivity contribution in [2.24, 2.45) is 11.7 Å². The van der Waals surface area contributed by atoms with Gasteiger partial charge in [0.05, 0.1) is 6.61 Å². The van der Waals surface area contributed by atoms with Crippen LogP contribution in [0.2, 0.25) is 0 Å². The van der Waals surface area contributed by atoms with Gasteiger partial charge in [-0.25, -0.2) is 4.79 Å². The van der Waals surface area contributed by atoms with Crippen molar-refractivity contribution in [3.8, 4) is 0 Å². The van der Waals surface area contributed by atoms with Crippen LogP contribution in [0.3, 0.4) is 0 Å². The molecule has 1 aromatic rings. The summed E-state index contributed by atoms with van der Waals surface area (Å²) in [5, 5.41) is 0. The Bertz CT molecular complexity index is 493. The van der Waals surface area contributed by atoms with E-state index in [2.05, 4.69) is 10.8 Å². The lowest BCUT2D eigenvalue weighted by molar-refractivity contribution is -0.118. The number of ether oxygens (including phenoxy) is 1. The zero-order chi connectivity index (χ0) is 15.1. The van der Waals surface area contributed by atoms with Crippen LogP contribution in [0.4, 0.5) is 4.79 Å². The van der Waals surface area contributed by atoms with Gasteiger partial charge in [0.1, 0.15) is 5.78 Å². The summed E-state index contributed by atoms with van der Waals surface area (Å²) in [4.78, 5) is 21.2. The topological polar surface area (TPSA) is 69.4 Å². The Hall–Kier alpha value is -1.84. The highest BCUT2D eigenvalue weighted by Gasteiger charge is 2.15. The number of carbonyl (C=O) groups excluding carboxylic acids is 2. The number of primary amides is 1. The fraction of sp³-hybridized carbons (Fsp3) is 0.529. The van der Waals surface area contributed by atoms with Gasteiger partial charge in [0.25, 0.3) is 0 Å². The molecule has 4 nitrogen and oxygen atoms in total. The number of nitrogens with two attached hydrogens (primary N) is 1. The summed E-state index contributed by atoms with van der Waals surface area (Å²) in [6.07, 6.45) is 6.59. The number of hydrogen-bond acceptors (Lipinski definition) is 3. The quantitative estimate of drug-likeness (QED) is 0.909. The van der Waals surface area contributed by atoms with E-state index < -0.39 is 6.09 Å². The maximum atomic E-state index is 11.0. The summed E-state index contributed by atoms with van der Waals surface area (Å²) in [7, 11) is 0. The van der Waals surface area contributed by atoms with Gasteiger partial charge in [-0.3, -0.25) is 4.79 Å². The monoisotopic (exact) mass is 289 g/mol. The van der Waals surface area contributed by atoms with E-state index in [1.54, 1.807) is 0 Å². The van der Waals surface area contributed by atoms with Gasteiger partial charge in [-0.15, -0.1) is 0 Å². The second kappa shape index (κ2) is 7.81. The van der Waals surface area contributed by atoms with Gasteiger partial charge in [-0.1, -0.05) is 37.1 Å². The summed E-state index contributed by atoms with van der Waals surface area (Å²) in [6.45, 7) is 0.523. The number of ketones is 1. The van der Waals surface area contributed by atoms with E-state index in [0.717, 1.165) is 12.8 Å². The molecule has 2 aliphatic carbocycles. The number of Topliss-reactive ketones (excluding diaryl/α,β-unsaturated/α-hetero) is 1. The third kappa shape index (κ3) is 5.21. The predicted molar refractivity (Wildman–Crippen MR) is 81.0 cm³/mol. The van der Waals surface area contributed by atoms with Crippen LogP contribution in [0.1, 0.15) is 43.2 Å². The summed E-state index contributed by atoms with van der Waals surface area (Å²) >= 11 is 0. The van der Waals surface area contributed by atoms with Crippen molar-refractivity contribution < 1.29 is 14.3 Å². The van der Waals surface area contributed by atoms with Crippen molar-refractivity contribution in [3.63, 3.8) is 0 Å². The molecule has 4 heteroatoms. The molecule has 3 rings (SSSR count). The molecular formula is C17H23NO3. The van der Waals surface area contributed by atoms with Gasteiger partial charge >= 0.3 is 6.09 Å². The SMILES string of the molecule is NC(=O)OCC1CCCC1.O=C1CCc2ccccc2C1. The molecule has 1 saturated carbocycles. The molecule has 0 atom stereocenters. The van der Waals surface area contributed by atoms with Gasteiger partial charge < -0.3 is 10.5 Å². The third-order valence-electron chi connectivity index (χ3n) is 4.12. The lowest BCUT2D eigenvalue weighted by atomic mass is 9.91. The standard InChI is InChI=1S/C10H10O.C7H13NO2/c11-10-6-5-8-3-1-2-4-9(8)7-10;8-7(9)10-5-6-3-1-2-4-6/h1-4H,5-7H2;6H,1-5H2,(H2,8,9). The summed E-state index contributed by atoms with van der Waals surface area (Å²) < 4.78 is 4.66. The summed E-state index contributed by atoms with van der Waals surface area (Å²) in [5.74, 6) is 0.955. The minimum absolute atomic E-state index is 0.378. The molecule has 0 aromatic heterocycles. The highest BCUT2D eigenvalue weighted by molar-refractivity contribution is 5.83. The van der Waals surface area contributed by atoms with E-state index in [9.17, 15) is 9.59 Å². The first-order valence-corrected chi connectivity index (χ1v) is 7.66. The lowest BCUT2D eigenvalue weighted by Gasteiger charge is -2.13. The number of amides is 1. The number of aryl methyl sites for hydroxylation is 1. The lowest BCUT2D eigenvalue weighted by Crippen LogP contribution is -2.17. The second-order valence-electron chi connectivity index (χ2n) is 5.76. The van der Waals surface area contributed by atoms with Crippen LogP contribution in [-0.4, -0.2) is 18.5 Å². The van der Waals surface area contributed by atoms with Gasteiger partial charge in [0.15, 0.2) is 0 Å². The first kappa shape index (κ1) is 15.5. The van der Waals surface area contributed by atoms with Crippen molar-refractivity contribution in [1.82, 2.24) is 0 Å². The Balaban J connectivity index is 0.000000155. The number of carbonyl (C=O) groups is 2. The third-order valence-corrected chi connectivity index (χ3v) is 4.12. The molecule has 0 radical (unpaired) electrons. The molecule has 0 saturated heterocycles. The fourth-order valence-electron chi connectivity index (χ4n) is 2.93. The Morgan fingerprint density at radius 3 is 2.48 bits per heavy atom. The van der Waals surface area contributed by atoms with Gasteiger partial charge in [0, 0.05) is 12.8 Å². The zero-order valence-electron chi connectivity index (χ0n) is 12.3. The molecule has 0 unspecified atom stereocenters. The molecule has 0 bridgehead atoms. The van der Waals surface area contributed by atoms with Crippen LogP contribution in [0.25, 0.3) is 0 Å². The minimum Gasteiger partial charge on any atom is -0.449 e. The molecule has 2 aliphatic rings. The average Bonchev–Trinajstić information content (AvgIpc) is 2.99. The highest BCUT2D eigenvalue weighted by Crippen LogP contribution is 2.24. The zero-order valence-corrected chi connectivity index (χ0v) is 12.3. The molecule has 2 N–H and O–H groups in total. The van der Waals surface area contributed by atoms with Crippen LogP contribution in [-0.2, 0) is 22.4 Å². The largest absolute Gasteiger partial charge is 0.449 e. The highest BCUT2D eigenvalue weighted by atomic mass is 16.5. The summed E-state index contributed by atoms with van der Waals surface area (Å²) in [5.41, 5.74) is 7.39. The minimum atomic E-state index is -0.646.